The third-order valence-electron chi connectivity index (χ3n) is 8.49. The molecule has 10 nitrogen and oxygen atoms in total. The summed E-state index contributed by atoms with van der Waals surface area (Å²) in [5.41, 5.74) is 4.35. The Hall–Kier alpha value is -4.31. The second-order valence-corrected chi connectivity index (χ2v) is 12.4. The van der Waals surface area contributed by atoms with Gasteiger partial charge in [-0.15, -0.1) is 0 Å². The van der Waals surface area contributed by atoms with Gasteiger partial charge in [0.2, 0.25) is 5.91 Å². The third kappa shape index (κ3) is 7.02. The van der Waals surface area contributed by atoms with Crippen LogP contribution in [-0.2, 0) is 16.9 Å². The van der Waals surface area contributed by atoms with Gasteiger partial charge in [-0.2, -0.15) is 5.10 Å². The number of anilines is 3. The molecule has 0 spiro atoms. The van der Waals surface area contributed by atoms with Crippen LogP contribution in [0.2, 0.25) is 0 Å². The van der Waals surface area contributed by atoms with Gasteiger partial charge in [0.05, 0.1) is 23.8 Å². The molecule has 3 amide bonds. The van der Waals surface area contributed by atoms with E-state index in [4.69, 9.17) is 0 Å². The lowest BCUT2D eigenvalue weighted by atomic mass is 9.90. The molecular formula is C33H44N8O2. The first-order chi connectivity index (χ1) is 20.6. The number of hydrogen-bond acceptors (Lipinski definition) is 6. The minimum Gasteiger partial charge on any atom is -0.382 e. The number of urea groups is 1. The fraction of sp³-hybridized carbons (Fsp3) is 0.424. The molecule has 3 atom stereocenters. The van der Waals surface area contributed by atoms with Crippen molar-refractivity contribution in [2.75, 3.05) is 36.6 Å². The summed E-state index contributed by atoms with van der Waals surface area (Å²) in [7, 11) is 4.03. The summed E-state index contributed by atoms with van der Waals surface area (Å²) in [5, 5.41) is 21.3. The van der Waals surface area contributed by atoms with E-state index in [1.807, 2.05) is 61.5 Å². The van der Waals surface area contributed by atoms with Crippen LogP contribution in [0.1, 0.15) is 62.4 Å². The van der Waals surface area contributed by atoms with E-state index in [1.54, 1.807) is 0 Å². The van der Waals surface area contributed by atoms with Gasteiger partial charge < -0.3 is 31.1 Å². The molecule has 2 heterocycles. The van der Waals surface area contributed by atoms with Gasteiger partial charge in [-0.3, -0.25) is 9.89 Å². The van der Waals surface area contributed by atoms with E-state index in [0.717, 1.165) is 59.7 Å². The highest BCUT2D eigenvalue weighted by Crippen LogP contribution is 2.41. The predicted octanol–water partition coefficient (Wildman–Crippen LogP) is 5.43. The molecule has 2 aromatic carbocycles. The fourth-order valence-corrected chi connectivity index (χ4v) is 6.20. The van der Waals surface area contributed by atoms with Gasteiger partial charge in [0.15, 0.2) is 5.82 Å². The summed E-state index contributed by atoms with van der Waals surface area (Å²) in [5.74, 6) is 0.610. The molecular weight excluding hydrogens is 540 g/mol. The Balaban J connectivity index is 1.22. The standard InChI is InChI=1S/C33H44N8O2/c1-6-29(42)35-24-17-15-23(16-18-24)34-25-13-10-14-26(19-25)36-31-27-20-41(33(2,3)30(27)38-39-31)32(43)37-28(21-40(4)5)22-11-8-7-9-12-22/h6-9,11-12,15-18,25-26,28,34H,1,10,13-14,19-21H2,2-5H3,(H,35,42)(H,37,43)(H2,36,38,39)/t25-,26+,28+/m0/s1. The molecule has 10 heteroatoms. The van der Waals surface area contributed by atoms with Crippen molar-refractivity contribution in [3.05, 3.63) is 84.1 Å². The van der Waals surface area contributed by atoms with Gasteiger partial charge in [0.25, 0.3) is 0 Å². The summed E-state index contributed by atoms with van der Waals surface area (Å²) in [6.07, 6.45) is 5.46. The van der Waals surface area contributed by atoms with Crippen molar-refractivity contribution < 1.29 is 9.59 Å². The molecule has 0 radical (unpaired) electrons. The lowest BCUT2D eigenvalue weighted by Gasteiger charge is -2.34. The molecule has 5 N–H and O–H groups in total. The highest BCUT2D eigenvalue weighted by Gasteiger charge is 2.44. The Morgan fingerprint density at radius 2 is 1.74 bits per heavy atom. The molecule has 3 aromatic rings. The number of likely N-dealkylation sites (N-methyl/N-ethyl adjacent to an activating group) is 1. The maximum atomic E-state index is 13.7. The quantitative estimate of drug-likeness (QED) is 0.203. The molecule has 0 unspecified atom stereocenters. The molecule has 2 aliphatic rings. The Morgan fingerprint density at radius 1 is 1.07 bits per heavy atom. The van der Waals surface area contributed by atoms with Gasteiger partial charge >= 0.3 is 6.03 Å². The van der Waals surface area contributed by atoms with Crippen molar-refractivity contribution in [1.82, 2.24) is 25.3 Å². The summed E-state index contributed by atoms with van der Waals surface area (Å²) in [4.78, 5) is 29.3. The van der Waals surface area contributed by atoms with E-state index < -0.39 is 5.54 Å². The third-order valence-corrected chi connectivity index (χ3v) is 8.49. The van der Waals surface area contributed by atoms with E-state index in [2.05, 4.69) is 68.9 Å². The zero-order chi connectivity index (χ0) is 30.6. The molecule has 228 valence electrons. The number of carbonyl (C=O) groups excluding carboxylic acids is 2. The number of aromatic nitrogens is 2. The van der Waals surface area contributed by atoms with E-state index >= 15 is 0 Å². The molecule has 1 aliphatic heterocycles. The van der Waals surface area contributed by atoms with Gasteiger partial charge in [-0.05, 0) is 89.5 Å². The van der Waals surface area contributed by atoms with Crippen molar-refractivity contribution in [1.29, 1.82) is 0 Å². The number of benzene rings is 2. The molecule has 0 bridgehead atoms. The van der Waals surface area contributed by atoms with Crippen LogP contribution in [0.3, 0.4) is 0 Å². The van der Waals surface area contributed by atoms with Crippen LogP contribution >= 0.6 is 0 Å². The van der Waals surface area contributed by atoms with Crippen molar-refractivity contribution in [3.63, 3.8) is 0 Å². The van der Waals surface area contributed by atoms with Crippen LogP contribution in [0.4, 0.5) is 22.0 Å². The number of nitrogens with one attached hydrogen (secondary N) is 5. The monoisotopic (exact) mass is 584 g/mol. The van der Waals surface area contributed by atoms with Crippen LogP contribution in [0, 0.1) is 0 Å². The zero-order valence-electron chi connectivity index (χ0n) is 25.6. The Bertz CT molecular complexity index is 1420. The average Bonchev–Trinajstić information content (AvgIpc) is 3.51. The van der Waals surface area contributed by atoms with Crippen LogP contribution in [-0.4, -0.2) is 64.7 Å². The molecule has 1 aromatic heterocycles. The lowest BCUT2D eigenvalue weighted by molar-refractivity contribution is -0.111. The first-order valence-corrected chi connectivity index (χ1v) is 15.1. The van der Waals surface area contributed by atoms with Crippen molar-refractivity contribution in [2.24, 2.45) is 0 Å². The lowest BCUT2D eigenvalue weighted by Crippen LogP contribution is -2.48. The predicted molar refractivity (Wildman–Crippen MR) is 172 cm³/mol. The normalized spacial score (nSPS) is 19.8. The van der Waals surface area contributed by atoms with E-state index in [0.29, 0.717) is 19.1 Å². The largest absolute Gasteiger partial charge is 0.382 e. The minimum atomic E-state index is -0.528. The Morgan fingerprint density at radius 3 is 2.42 bits per heavy atom. The number of hydrogen-bond donors (Lipinski definition) is 5. The van der Waals surface area contributed by atoms with Crippen molar-refractivity contribution in [3.8, 4) is 0 Å². The number of nitrogens with zero attached hydrogens (tertiary/aromatic N) is 3. The molecule has 1 aliphatic carbocycles. The molecule has 0 saturated heterocycles. The summed E-state index contributed by atoms with van der Waals surface area (Å²) in [6, 6.07) is 18.2. The first-order valence-electron chi connectivity index (χ1n) is 15.1. The van der Waals surface area contributed by atoms with Gasteiger partial charge in [0, 0.05) is 35.6 Å². The maximum Gasteiger partial charge on any atom is 0.319 e. The summed E-state index contributed by atoms with van der Waals surface area (Å²) < 4.78 is 0. The number of carbonyl (C=O) groups is 2. The average molecular weight is 585 g/mol. The van der Waals surface area contributed by atoms with Crippen molar-refractivity contribution in [2.45, 2.75) is 69.7 Å². The second-order valence-electron chi connectivity index (χ2n) is 12.4. The van der Waals surface area contributed by atoms with E-state index in [1.165, 1.54) is 6.08 Å². The number of amides is 3. The number of aromatic amines is 1. The van der Waals surface area contributed by atoms with Gasteiger partial charge in [-0.1, -0.05) is 36.9 Å². The molecule has 1 saturated carbocycles. The van der Waals surface area contributed by atoms with Crippen LogP contribution in [0.5, 0.6) is 0 Å². The molecule has 5 rings (SSSR count). The Labute approximate surface area is 254 Å². The van der Waals surface area contributed by atoms with E-state index in [-0.39, 0.29) is 24.0 Å². The van der Waals surface area contributed by atoms with Crippen LogP contribution in [0.15, 0.2) is 67.3 Å². The topological polar surface area (TPSA) is 117 Å². The minimum absolute atomic E-state index is 0.0896. The number of H-pyrrole nitrogens is 1. The first kappa shape index (κ1) is 30.2. The second kappa shape index (κ2) is 12.9. The zero-order valence-corrected chi connectivity index (χ0v) is 25.6. The summed E-state index contributed by atoms with van der Waals surface area (Å²) >= 11 is 0. The number of fused-ring (bicyclic) bond motifs is 1. The Kier molecular flexibility index (Phi) is 9.05. The van der Waals surface area contributed by atoms with E-state index in [9.17, 15) is 9.59 Å². The molecule has 43 heavy (non-hydrogen) atoms. The van der Waals surface area contributed by atoms with Crippen LogP contribution in [0.25, 0.3) is 0 Å². The highest BCUT2D eigenvalue weighted by atomic mass is 16.2. The maximum absolute atomic E-state index is 13.7. The smallest absolute Gasteiger partial charge is 0.319 e. The van der Waals surface area contributed by atoms with Crippen LogP contribution < -0.4 is 21.3 Å². The fourth-order valence-electron chi connectivity index (χ4n) is 6.20. The highest BCUT2D eigenvalue weighted by molar-refractivity contribution is 5.98. The molecule has 1 fully saturated rings. The SMILES string of the molecule is C=CC(=O)Nc1ccc(N[C@H]2CCC[C@@H](Nc3n[nH]c4c3CN(C(=O)N[C@H](CN(C)C)c3ccccc3)C4(C)C)C2)cc1. The van der Waals surface area contributed by atoms with Crippen molar-refractivity contribution >= 4 is 29.1 Å². The van der Waals surface area contributed by atoms with Gasteiger partial charge in [0.1, 0.15) is 0 Å². The number of rotatable bonds is 10. The summed E-state index contributed by atoms with van der Waals surface area (Å²) in [6.45, 7) is 8.82. The van der Waals surface area contributed by atoms with Gasteiger partial charge in [-0.25, -0.2) is 4.79 Å².